The monoisotopic (exact) mass is 550 g/mol. The molecule has 1 aliphatic carbocycles. The average molecular weight is 551 g/mol. The average Bonchev–Trinajstić information content (AvgIpc) is 3.38. The van der Waals surface area contributed by atoms with Gasteiger partial charge < -0.3 is 15.0 Å². The summed E-state index contributed by atoms with van der Waals surface area (Å²) in [4.78, 5) is 38.4. The second-order valence-electron chi connectivity index (χ2n) is 9.16. The molecule has 13 heteroatoms. The molecule has 0 radical (unpaired) electrons. The highest BCUT2D eigenvalue weighted by Gasteiger charge is 2.33. The van der Waals surface area contributed by atoms with E-state index < -0.39 is 50.9 Å². The van der Waals surface area contributed by atoms with E-state index in [9.17, 15) is 32.5 Å². The largest absolute Gasteiger partial charge is 0.495 e. The summed E-state index contributed by atoms with van der Waals surface area (Å²) in [6, 6.07) is 8.03. The molecule has 2 aromatic rings. The van der Waals surface area contributed by atoms with Crippen molar-refractivity contribution in [3.8, 4) is 5.75 Å². The molecule has 0 heterocycles. The number of ether oxygens (including phenoxy) is 1. The predicted molar refractivity (Wildman–Crippen MR) is 139 cm³/mol. The molecule has 0 bridgehead atoms. The molecule has 0 saturated heterocycles. The van der Waals surface area contributed by atoms with Crippen molar-refractivity contribution >= 4 is 33.2 Å². The van der Waals surface area contributed by atoms with Crippen LogP contribution in [0.2, 0.25) is 0 Å². The topological polar surface area (TPSA) is 139 Å². The number of nitro benzene ring substituents is 1. The summed E-state index contributed by atoms with van der Waals surface area (Å²) in [6.45, 7) is 0.391. The molecule has 1 fully saturated rings. The first-order valence-electron chi connectivity index (χ1n) is 12.1. The maximum absolute atomic E-state index is 14.5. The summed E-state index contributed by atoms with van der Waals surface area (Å²) in [6.07, 6.45) is 4.43. The SMILES string of the molecule is COc1ccc([N+](=O)[O-])cc1N(CC(=O)N(Cc1ccccc1F)[C@H](C)C(=O)NC1CCCC1)S(C)(=O)=O. The van der Waals surface area contributed by atoms with Gasteiger partial charge in [-0.1, -0.05) is 31.0 Å². The van der Waals surface area contributed by atoms with E-state index in [4.69, 9.17) is 4.74 Å². The van der Waals surface area contributed by atoms with E-state index in [1.54, 1.807) is 6.07 Å². The Hall–Kier alpha value is -3.74. The lowest BCUT2D eigenvalue weighted by Gasteiger charge is -2.32. The van der Waals surface area contributed by atoms with Crippen LogP contribution in [0.3, 0.4) is 0 Å². The number of nitrogens with zero attached hydrogens (tertiary/aromatic N) is 3. The number of carbonyl (C=O) groups excluding carboxylic acids is 2. The van der Waals surface area contributed by atoms with Gasteiger partial charge in [0.15, 0.2) is 0 Å². The van der Waals surface area contributed by atoms with Gasteiger partial charge in [-0.25, -0.2) is 12.8 Å². The van der Waals surface area contributed by atoms with Crippen molar-refractivity contribution in [2.45, 2.75) is 51.2 Å². The molecule has 2 aromatic carbocycles. The molecule has 0 aliphatic heterocycles. The Labute approximate surface area is 220 Å². The third-order valence-corrected chi connectivity index (χ3v) is 7.61. The second kappa shape index (κ2) is 12.2. The summed E-state index contributed by atoms with van der Waals surface area (Å²) in [5, 5.41) is 14.3. The number of amides is 2. The minimum absolute atomic E-state index is 0.0125. The van der Waals surface area contributed by atoms with Gasteiger partial charge in [0.05, 0.1) is 18.3 Å². The number of nitrogens with one attached hydrogen (secondary N) is 1. The zero-order valence-corrected chi connectivity index (χ0v) is 22.2. The molecule has 1 aliphatic rings. The first kappa shape index (κ1) is 28.8. The molecule has 1 saturated carbocycles. The van der Waals surface area contributed by atoms with Crippen LogP contribution in [0.5, 0.6) is 5.75 Å². The molecule has 38 heavy (non-hydrogen) atoms. The maximum atomic E-state index is 14.5. The van der Waals surface area contributed by atoms with E-state index in [0.29, 0.717) is 4.31 Å². The first-order chi connectivity index (χ1) is 17.9. The van der Waals surface area contributed by atoms with Gasteiger partial charge >= 0.3 is 0 Å². The fourth-order valence-corrected chi connectivity index (χ4v) is 5.21. The van der Waals surface area contributed by atoms with Gasteiger partial charge in [0.2, 0.25) is 21.8 Å². The number of carbonyl (C=O) groups is 2. The van der Waals surface area contributed by atoms with Crippen LogP contribution in [0.15, 0.2) is 42.5 Å². The summed E-state index contributed by atoms with van der Waals surface area (Å²) in [5.41, 5.74) is -0.485. The highest BCUT2D eigenvalue weighted by Crippen LogP contribution is 2.34. The van der Waals surface area contributed by atoms with Crippen LogP contribution in [0, 0.1) is 15.9 Å². The Kier molecular flexibility index (Phi) is 9.26. The van der Waals surface area contributed by atoms with Gasteiger partial charge in [-0.2, -0.15) is 0 Å². The molecular weight excluding hydrogens is 519 g/mol. The van der Waals surface area contributed by atoms with Crippen molar-refractivity contribution in [1.29, 1.82) is 0 Å². The van der Waals surface area contributed by atoms with Gasteiger partial charge in [0, 0.05) is 30.3 Å². The summed E-state index contributed by atoms with van der Waals surface area (Å²) < 4.78 is 45.9. The van der Waals surface area contributed by atoms with Crippen molar-refractivity contribution in [1.82, 2.24) is 10.2 Å². The van der Waals surface area contributed by atoms with E-state index in [1.807, 2.05) is 0 Å². The third kappa shape index (κ3) is 6.97. The number of non-ortho nitro benzene ring substituents is 1. The first-order valence-corrected chi connectivity index (χ1v) is 13.9. The minimum Gasteiger partial charge on any atom is -0.495 e. The van der Waals surface area contributed by atoms with Crippen molar-refractivity contribution in [2.75, 3.05) is 24.2 Å². The second-order valence-corrected chi connectivity index (χ2v) is 11.1. The summed E-state index contributed by atoms with van der Waals surface area (Å²) in [7, 11) is -2.90. The Morgan fingerprint density at radius 1 is 1.21 bits per heavy atom. The van der Waals surface area contributed by atoms with Crippen molar-refractivity contribution in [3.05, 3.63) is 64.0 Å². The number of hydrogen-bond acceptors (Lipinski definition) is 7. The van der Waals surface area contributed by atoms with Crippen molar-refractivity contribution in [2.24, 2.45) is 0 Å². The van der Waals surface area contributed by atoms with E-state index in [-0.39, 0.29) is 29.6 Å². The molecule has 206 valence electrons. The molecule has 1 atom stereocenters. The lowest BCUT2D eigenvalue weighted by Crippen LogP contribution is -2.52. The normalized spacial score (nSPS) is 14.5. The molecule has 0 aromatic heterocycles. The molecule has 11 nitrogen and oxygen atoms in total. The van der Waals surface area contributed by atoms with Crippen molar-refractivity contribution in [3.63, 3.8) is 0 Å². The van der Waals surface area contributed by atoms with Crippen LogP contribution in [0.1, 0.15) is 38.2 Å². The molecule has 1 N–H and O–H groups in total. The van der Waals surface area contributed by atoms with E-state index in [0.717, 1.165) is 49.0 Å². The number of halogens is 1. The Morgan fingerprint density at radius 3 is 2.45 bits per heavy atom. The molecule has 0 spiro atoms. The molecule has 3 rings (SSSR count). The highest BCUT2D eigenvalue weighted by molar-refractivity contribution is 7.92. The maximum Gasteiger partial charge on any atom is 0.271 e. The van der Waals surface area contributed by atoms with Gasteiger partial charge in [-0.15, -0.1) is 0 Å². The zero-order chi connectivity index (χ0) is 28.0. The third-order valence-electron chi connectivity index (χ3n) is 6.49. The van der Waals surface area contributed by atoms with Crippen LogP contribution >= 0.6 is 0 Å². The fourth-order valence-electron chi connectivity index (χ4n) is 4.37. The zero-order valence-electron chi connectivity index (χ0n) is 21.4. The van der Waals surface area contributed by atoms with E-state index >= 15 is 0 Å². The number of hydrogen-bond donors (Lipinski definition) is 1. The lowest BCUT2D eigenvalue weighted by molar-refractivity contribution is -0.384. The fraction of sp³-hybridized carbons (Fsp3) is 0.440. The van der Waals surface area contributed by atoms with Gasteiger partial charge in [-0.3, -0.25) is 24.0 Å². The van der Waals surface area contributed by atoms with Crippen molar-refractivity contribution < 1.29 is 32.1 Å². The van der Waals surface area contributed by atoms with E-state index in [2.05, 4.69) is 5.32 Å². The lowest BCUT2D eigenvalue weighted by atomic mass is 10.1. The number of anilines is 1. The number of benzene rings is 2. The Balaban J connectivity index is 1.98. The van der Waals surface area contributed by atoms with Crippen LogP contribution in [-0.2, 0) is 26.2 Å². The van der Waals surface area contributed by atoms with Crippen LogP contribution < -0.4 is 14.4 Å². The number of sulfonamides is 1. The van der Waals surface area contributed by atoms with Gasteiger partial charge in [-0.05, 0) is 31.9 Å². The highest BCUT2D eigenvalue weighted by atomic mass is 32.2. The standard InChI is InChI=1S/C25H31FN4O7S/c1-17(25(32)27-19-9-5-6-10-19)28(15-18-8-4-7-11-21(18)26)24(31)16-29(38(3,35)36)22-14-20(30(33)34)12-13-23(22)37-2/h4,7-8,11-14,17,19H,5-6,9-10,15-16H2,1-3H3,(H,27,32)/t17-/m1/s1. The quantitative estimate of drug-likeness (QED) is 0.335. The smallest absolute Gasteiger partial charge is 0.271 e. The van der Waals surface area contributed by atoms with Crippen LogP contribution in [0.4, 0.5) is 15.8 Å². The Morgan fingerprint density at radius 2 is 1.87 bits per heavy atom. The summed E-state index contributed by atoms with van der Waals surface area (Å²) >= 11 is 0. The van der Waals surface area contributed by atoms with E-state index in [1.165, 1.54) is 38.3 Å². The van der Waals surface area contributed by atoms with Gasteiger partial charge in [0.25, 0.3) is 5.69 Å². The number of nitro groups is 1. The molecule has 2 amide bonds. The summed E-state index contributed by atoms with van der Waals surface area (Å²) in [5.74, 6) is -1.85. The molecule has 0 unspecified atom stereocenters. The number of rotatable bonds is 11. The predicted octanol–water partition coefficient (Wildman–Crippen LogP) is 2.98. The van der Waals surface area contributed by atoms with Crippen LogP contribution in [-0.4, -0.2) is 62.0 Å². The number of methoxy groups -OCH3 is 1. The molecular formula is C25H31FN4O7S. The minimum atomic E-state index is -4.16. The Bertz CT molecular complexity index is 1300. The van der Waals surface area contributed by atoms with Gasteiger partial charge in [0.1, 0.15) is 29.8 Å². The van der Waals surface area contributed by atoms with Crippen LogP contribution in [0.25, 0.3) is 0 Å².